The van der Waals surface area contributed by atoms with E-state index in [0.717, 1.165) is 9.80 Å². The first kappa shape index (κ1) is 18.2. The second-order valence-corrected chi connectivity index (χ2v) is 7.04. The Morgan fingerprint density at radius 3 is 1.18 bits per heavy atom. The summed E-state index contributed by atoms with van der Waals surface area (Å²) in [5, 5.41) is 0. The van der Waals surface area contributed by atoms with Crippen LogP contribution in [0.3, 0.4) is 0 Å². The van der Waals surface area contributed by atoms with Crippen LogP contribution in [0.1, 0.15) is 41.4 Å². The number of hydrogen-bond acceptors (Lipinski definition) is 7. The molecule has 0 saturated carbocycles. The van der Waals surface area contributed by atoms with Crippen molar-refractivity contribution in [3.63, 3.8) is 0 Å². The van der Waals surface area contributed by atoms with Crippen molar-refractivity contribution in [2.45, 2.75) is 0 Å². The van der Waals surface area contributed by atoms with Crippen molar-refractivity contribution in [3.8, 4) is 0 Å². The zero-order chi connectivity index (χ0) is 19.8. The molecule has 142 valence electrons. The monoisotopic (exact) mass is 400 g/mol. The Morgan fingerprint density at radius 1 is 0.607 bits per heavy atom. The van der Waals surface area contributed by atoms with Gasteiger partial charge in [-0.3, -0.25) is 32.8 Å². The lowest BCUT2D eigenvalue weighted by Gasteiger charge is -2.16. The van der Waals surface area contributed by atoms with Crippen LogP contribution in [-0.2, 0) is 13.6 Å². The van der Waals surface area contributed by atoms with Crippen LogP contribution in [0.2, 0.25) is 0 Å². The van der Waals surface area contributed by atoms with Crippen LogP contribution in [0.25, 0.3) is 0 Å². The number of rotatable bonds is 6. The Bertz CT molecular complexity index is 900. The minimum absolute atomic E-state index is 0.239. The Morgan fingerprint density at radius 2 is 0.893 bits per heavy atom. The molecule has 0 atom stereocenters. The first-order valence-corrected chi connectivity index (χ1v) is 9.41. The molecule has 2 aromatic carbocycles. The lowest BCUT2D eigenvalue weighted by molar-refractivity contribution is 0.0455. The molecular formula is C18H13N2O7P. The molecule has 0 fully saturated rings. The summed E-state index contributed by atoms with van der Waals surface area (Å²) in [4.78, 5) is 50.4. The molecule has 9 nitrogen and oxygen atoms in total. The predicted molar refractivity (Wildman–Crippen MR) is 94.8 cm³/mol. The number of fused-ring (bicyclic) bond motifs is 2. The number of amides is 4. The topological polar surface area (TPSA) is 110 Å². The summed E-state index contributed by atoms with van der Waals surface area (Å²) in [6, 6.07) is 12.6. The van der Waals surface area contributed by atoms with Crippen molar-refractivity contribution < 1.29 is 32.8 Å². The fraction of sp³-hybridized carbons (Fsp3) is 0.111. The summed E-state index contributed by atoms with van der Waals surface area (Å²) in [5.74, 6) is -2.24. The summed E-state index contributed by atoms with van der Waals surface area (Å²) in [5.41, 5.74) is 0.954. The molecule has 0 unspecified atom stereocenters. The standard InChI is InChI=1S/C18H13N2O7P/c21-15-11-5-1-2-6-12(11)16(22)19(15)9-26-28(25)27-10-20-17(23)13-7-3-4-8-14(13)18(20)24/h1-8,28H,9-10H2. The largest absolute Gasteiger partial charge is 0.322 e. The van der Waals surface area contributed by atoms with Crippen molar-refractivity contribution >= 4 is 31.9 Å². The van der Waals surface area contributed by atoms with Gasteiger partial charge < -0.3 is 0 Å². The molecule has 2 aliphatic heterocycles. The van der Waals surface area contributed by atoms with E-state index in [0.29, 0.717) is 0 Å². The van der Waals surface area contributed by atoms with Gasteiger partial charge in [-0.05, 0) is 24.3 Å². The Labute approximate surface area is 159 Å². The van der Waals surface area contributed by atoms with Gasteiger partial charge in [-0.1, -0.05) is 24.3 Å². The van der Waals surface area contributed by atoms with Crippen LogP contribution in [0.5, 0.6) is 0 Å². The summed E-state index contributed by atoms with van der Waals surface area (Å²) in [7, 11) is -3.17. The minimum Gasteiger partial charge on any atom is -0.288 e. The Balaban J connectivity index is 1.33. The number of imide groups is 2. The van der Waals surface area contributed by atoms with Gasteiger partial charge in [0.2, 0.25) is 0 Å². The maximum absolute atomic E-state index is 12.2. The number of carbonyl (C=O) groups excluding carboxylic acids is 4. The van der Waals surface area contributed by atoms with Gasteiger partial charge in [0.1, 0.15) is 13.5 Å². The first-order valence-electron chi connectivity index (χ1n) is 8.19. The highest BCUT2D eigenvalue weighted by atomic mass is 31.1. The predicted octanol–water partition coefficient (Wildman–Crippen LogP) is 1.92. The van der Waals surface area contributed by atoms with E-state index in [9.17, 15) is 23.7 Å². The normalized spacial score (nSPS) is 15.6. The molecule has 2 aliphatic rings. The molecule has 0 bridgehead atoms. The molecular weight excluding hydrogens is 387 g/mol. The third kappa shape index (κ3) is 2.95. The Kier molecular flexibility index (Phi) is 4.64. The minimum atomic E-state index is -3.17. The van der Waals surface area contributed by atoms with Crippen LogP contribution in [0.15, 0.2) is 48.5 Å². The third-order valence-corrected chi connectivity index (χ3v) is 5.11. The molecule has 28 heavy (non-hydrogen) atoms. The van der Waals surface area contributed by atoms with E-state index in [2.05, 4.69) is 0 Å². The molecule has 0 radical (unpaired) electrons. The first-order chi connectivity index (χ1) is 13.5. The SMILES string of the molecule is O=C1c2ccccc2C(=O)N1CO[PH](=O)OCN1C(=O)c2ccccc2C1=O. The van der Waals surface area contributed by atoms with Gasteiger partial charge in [-0.15, -0.1) is 0 Å². The zero-order valence-electron chi connectivity index (χ0n) is 14.3. The molecule has 2 aromatic rings. The van der Waals surface area contributed by atoms with Gasteiger partial charge in [-0.25, -0.2) is 9.80 Å². The highest BCUT2D eigenvalue weighted by Crippen LogP contribution is 2.30. The maximum Gasteiger partial charge on any atom is 0.322 e. The van der Waals surface area contributed by atoms with Crippen LogP contribution >= 0.6 is 8.25 Å². The van der Waals surface area contributed by atoms with Gasteiger partial charge in [0.05, 0.1) is 22.3 Å². The fourth-order valence-electron chi connectivity index (χ4n) is 2.99. The average molecular weight is 400 g/mol. The van der Waals surface area contributed by atoms with Gasteiger partial charge >= 0.3 is 8.25 Å². The lowest BCUT2D eigenvalue weighted by Crippen LogP contribution is -2.32. The number of carbonyl (C=O) groups is 4. The quantitative estimate of drug-likeness (QED) is 0.538. The third-order valence-electron chi connectivity index (χ3n) is 4.38. The summed E-state index contributed by atoms with van der Waals surface area (Å²) in [6.07, 6.45) is 0. The number of benzene rings is 2. The smallest absolute Gasteiger partial charge is 0.288 e. The van der Waals surface area contributed by atoms with Gasteiger partial charge in [0, 0.05) is 0 Å². The van der Waals surface area contributed by atoms with Gasteiger partial charge in [0.15, 0.2) is 0 Å². The molecule has 0 spiro atoms. The van der Waals surface area contributed by atoms with E-state index < -0.39 is 45.3 Å². The molecule has 0 N–H and O–H groups in total. The molecule has 2 heterocycles. The maximum atomic E-state index is 12.2. The van der Waals surface area contributed by atoms with E-state index in [1.54, 1.807) is 24.3 Å². The van der Waals surface area contributed by atoms with Crippen molar-refractivity contribution in [2.24, 2.45) is 0 Å². The van der Waals surface area contributed by atoms with E-state index in [4.69, 9.17) is 9.05 Å². The van der Waals surface area contributed by atoms with Crippen molar-refractivity contribution in [1.82, 2.24) is 9.80 Å². The van der Waals surface area contributed by atoms with Crippen molar-refractivity contribution in [3.05, 3.63) is 70.8 Å². The average Bonchev–Trinajstić information content (AvgIpc) is 3.10. The van der Waals surface area contributed by atoms with Crippen LogP contribution < -0.4 is 0 Å². The zero-order valence-corrected chi connectivity index (χ0v) is 15.3. The van der Waals surface area contributed by atoms with E-state index in [1.165, 1.54) is 24.3 Å². The number of hydrogen-bond donors (Lipinski definition) is 0. The summed E-state index contributed by atoms with van der Waals surface area (Å²) in [6.45, 7) is -1.13. The molecule has 0 aromatic heterocycles. The van der Waals surface area contributed by atoms with Gasteiger partial charge in [-0.2, -0.15) is 0 Å². The lowest BCUT2D eigenvalue weighted by atomic mass is 10.1. The fourth-order valence-corrected chi connectivity index (χ4v) is 3.54. The van der Waals surface area contributed by atoms with E-state index >= 15 is 0 Å². The molecule has 0 saturated heterocycles. The highest BCUT2D eigenvalue weighted by Gasteiger charge is 2.37. The van der Waals surface area contributed by atoms with Crippen molar-refractivity contribution in [2.75, 3.05) is 13.5 Å². The van der Waals surface area contributed by atoms with Crippen LogP contribution in [0.4, 0.5) is 0 Å². The van der Waals surface area contributed by atoms with Gasteiger partial charge in [0.25, 0.3) is 23.6 Å². The van der Waals surface area contributed by atoms with E-state index in [-0.39, 0.29) is 22.3 Å². The molecule has 4 rings (SSSR count). The van der Waals surface area contributed by atoms with Crippen LogP contribution in [0, 0.1) is 0 Å². The molecule has 10 heteroatoms. The van der Waals surface area contributed by atoms with Crippen LogP contribution in [-0.4, -0.2) is 46.9 Å². The molecule has 0 aliphatic carbocycles. The van der Waals surface area contributed by atoms with Crippen molar-refractivity contribution in [1.29, 1.82) is 0 Å². The Hall–Kier alpha value is -3.13. The second-order valence-electron chi connectivity index (χ2n) is 5.96. The highest BCUT2D eigenvalue weighted by molar-refractivity contribution is 7.33. The van der Waals surface area contributed by atoms with E-state index in [1.807, 2.05) is 0 Å². The summed E-state index contributed by atoms with van der Waals surface area (Å²) >= 11 is 0. The number of nitrogens with zero attached hydrogens (tertiary/aromatic N) is 2. The second kappa shape index (κ2) is 7.12. The summed E-state index contributed by atoms with van der Waals surface area (Å²) < 4.78 is 21.9. The molecule has 4 amide bonds.